The van der Waals surface area contributed by atoms with Gasteiger partial charge in [-0.05, 0) is 20.0 Å². The fourth-order valence-electron chi connectivity index (χ4n) is 1.48. The van der Waals surface area contributed by atoms with E-state index in [1.165, 1.54) is 19.2 Å². The first-order chi connectivity index (χ1) is 8.37. The fraction of sp³-hybridized carbons (Fsp3) is 0.455. The van der Waals surface area contributed by atoms with Crippen LogP contribution >= 0.6 is 0 Å². The van der Waals surface area contributed by atoms with Gasteiger partial charge in [0, 0.05) is 18.2 Å². The first kappa shape index (κ1) is 15.0. The van der Waals surface area contributed by atoms with E-state index >= 15 is 0 Å². The minimum atomic E-state index is -3.30. The lowest BCUT2D eigenvalue weighted by molar-refractivity contribution is 0.476. The molecule has 0 saturated carbocycles. The van der Waals surface area contributed by atoms with E-state index < -0.39 is 27.7 Å². The monoisotopic (exact) mass is 278 g/mol. The summed E-state index contributed by atoms with van der Waals surface area (Å²) in [6.07, 6.45) is 0. The van der Waals surface area contributed by atoms with Crippen molar-refractivity contribution in [3.05, 3.63) is 35.4 Å². The van der Waals surface area contributed by atoms with E-state index in [0.717, 1.165) is 6.07 Å². The van der Waals surface area contributed by atoms with E-state index in [-0.39, 0.29) is 17.9 Å². The molecule has 18 heavy (non-hydrogen) atoms. The summed E-state index contributed by atoms with van der Waals surface area (Å²) in [6, 6.07) is 3.45. The second-order valence-corrected chi connectivity index (χ2v) is 5.89. The summed E-state index contributed by atoms with van der Waals surface area (Å²) in [4.78, 5) is 0. The Bertz CT molecular complexity index is 506. The van der Waals surface area contributed by atoms with Gasteiger partial charge in [0.1, 0.15) is 0 Å². The number of halogens is 2. The van der Waals surface area contributed by atoms with Crippen LogP contribution in [0.2, 0.25) is 0 Å². The highest BCUT2D eigenvalue weighted by molar-refractivity contribution is 7.89. The zero-order valence-electron chi connectivity index (χ0n) is 10.2. The third kappa shape index (κ3) is 4.01. The molecule has 2 N–H and O–H groups in total. The molecule has 0 heterocycles. The normalized spacial score (nSPS) is 13.6. The average Bonchev–Trinajstić information content (AvgIpc) is 2.32. The predicted octanol–water partition coefficient (Wildman–Crippen LogP) is 1.16. The van der Waals surface area contributed by atoms with Gasteiger partial charge in [-0.2, -0.15) is 0 Å². The van der Waals surface area contributed by atoms with Crippen molar-refractivity contribution < 1.29 is 17.2 Å². The molecular weight excluding hydrogens is 262 g/mol. The topological polar surface area (TPSA) is 58.2 Å². The molecule has 0 fully saturated rings. The number of hydrogen-bond donors (Lipinski definition) is 2. The summed E-state index contributed by atoms with van der Waals surface area (Å²) < 4.78 is 50.9. The highest BCUT2D eigenvalue weighted by Gasteiger charge is 2.14. The van der Waals surface area contributed by atoms with Crippen LogP contribution in [0.3, 0.4) is 0 Å². The molecule has 0 radical (unpaired) electrons. The van der Waals surface area contributed by atoms with Crippen LogP contribution in [0.4, 0.5) is 8.78 Å². The van der Waals surface area contributed by atoms with Crippen LogP contribution in [-0.2, 0) is 10.0 Å². The molecule has 0 aliphatic heterocycles. The van der Waals surface area contributed by atoms with Gasteiger partial charge in [-0.15, -0.1) is 0 Å². The highest BCUT2D eigenvalue weighted by Crippen LogP contribution is 2.18. The molecule has 7 heteroatoms. The second kappa shape index (κ2) is 6.21. The Morgan fingerprint density at radius 2 is 2.00 bits per heavy atom. The molecule has 1 aromatic rings. The van der Waals surface area contributed by atoms with Crippen molar-refractivity contribution >= 4 is 10.0 Å². The molecule has 0 aliphatic carbocycles. The molecule has 0 aromatic heterocycles. The van der Waals surface area contributed by atoms with Crippen molar-refractivity contribution in [2.45, 2.75) is 13.0 Å². The van der Waals surface area contributed by atoms with Gasteiger partial charge in [0.25, 0.3) is 0 Å². The smallest absolute Gasteiger partial charge is 0.212 e. The molecule has 1 atom stereocenters. The molecule has 0 saturated heterocycles. The SMILES string of the molecule is CNS(=O)(=O)CCNC(C)c1cccc(F)c1F. The van der Waals surface area contributed by atoms with Crippen molar-refractivity contribution in [2.24, 2.45) is 0 Å². The van der Waals surface area contributed by atoms with Crippen molar-refractivity contribution in [1.29, 1.82) is 0 Å². The van der Waals surface area contributed by atoms with E-state index in [0.29, 0.717) is 0 Å². The maximum Gasteiger partial charge on any atom is 0.212 e. The van der Waals surface area contributed by atoms with Gasteiger partial charge in [0.15, 0.2) is 11.6 Å². The first-order valence-electron chi connectivity index (χ1n) is 5.46. The molecule has 1 unspecified atom stereocenters. The Kier molecular flexibility index (Phi) is 5.18. The number of nitrogens with one attached hydrogen (secondary N) is 2. The number of benzene rings is 1. The minimum Gasteiger partial charge on any atom is -0.309 e. The molecule has 0 aliphatic rings. The van der Waals surface area contributed by atoms with Crippen molar-refractivity contribution in [3.63, 3.8) is 0 Å². The van der Waals surface area contributed by atoms with E-state index in [1.807, 2.05) is 0 Å². The highest BCUT2D eigenvalue weighted by atomic mass is 32.2. The van der Waals surface area contributed by atoms with E-state index in [4.69, 9.17) is 0 Å². The number of sulfonamides is 1. The van der Waals surface area contributed by atoms with Gasteiger partial charge in [-0.1, -0.05) is 12.1 Å². The van der Waals surface area contributed by atoms with Gasteiger partial charge in [-0.3, -0.25) is 0 Å². The summed E-state index contributed by atoms with van der Waals surface area (Å²) in [7, 11) is -1.97. The molecule has 1 rings (SSSR count). The van der Waals surface area contributed by atoms with Crippen molar-refractivity contribution in [2.75, 3.05) is 19.3 Å². The van der Waals surface area contributed by atoms with Crippen LogP contribution in [0.25, 0.3) is 0 Å². The van der Waals surface area contributed by atoms with Crippen LogP contribution in [0, 0.1) is 11.6 Å². The van der Waals surface area contributed by atoms with Gasteiger partial charge < -0.3 is 5.32 Å². The summed E-state index contributed by atoms with van der Waals surface area (Å²) in [5, 5.41) is 2.83. The lowest BCUT2D eigenvalue weighted by Crippen LogP contribution is -2.31. The molecule has 0 amide bonds. The number of rotatable bonds is 6. The molecular formula is C11H16F2N2O2S. The minimum absolute atomic E-state index is 0.120. The maximum atomic E-state index is 13.4. The Labute approximate surface area is 105 Å². The van der Waals surface area contributed by atoms with Gasteiger partial charge in [0.2, 0.25) is 10.0 Å². The van der Waals surface area contributed by atoms with Crippen LogP contribution in [0.15, 0.2) is 18.2 Å². The average molecular weight is 278 g/mol. The van der Waals surface area contributed by atoms with Crippen LogP contribution in [0.1, 0.15) is 18.5 Å². The molecule has 4 nitrogen and oxygen atoms in total. The lowest BCUT2D eigenvalue weighted by Gasteiger charge is -2.15. The van der Waals surface area contributed by atoms with Crippen LogP contribution < -0.4 is 10.0 Å². The Morgan fingerprint density at radius 3 is 2.61 bits per heavy atom. The van der Waals surface area contributed by atoms with Gasteiger partial charge in [0.05, 0.1) is 5.75 Å². The van der Waals surface area contributed by atoms with Gasteiger partial charge in [-0.25, -0.2) is 21.9 Å². The Morgan fingerprint density at radius 1 is 1.33 bits per heavy atom. The third-order valence-corrected chi connectivity index (χ3v) is 3.94. The number of hydrogen-bond acceptors (Lipinski definition) is 3. The molecule has 0 spiro atoms. The standard InChI is InChI=1S/C11H16F2N2O2S/c1-8(15-6-7-18(16,17)14-2)9-4-3-5-10(12)11(9)13/h3-5,8,14-15H,6-7H2,1-2H3. The van der Waals surface area contributed by atoms with E-state index in [9.17, 15) is 17.2 Å². The molecule has 0 bridgehead atoms. The lowest BCUT2D eigenvalue weighted by atomic mass is 10.1. The summed E-state index contributed by atoms with van der Waals surface area (Å²) in [5.74, 6) is -1.94. The Balaban J connectivity index is 2.61. The quantitative estimate of drug-likeness (QED) is 0.821. The van der Waals surface area contributed by atoms with Crippen molar-refractivity contribution in [1.82, 2.24) is 10.0 Å². The fourth-order valence-corrected chi connectivity index (χ4v) is 2.07. The summed E-state index contributed by atoms with van der Waals surface area (Å²) in [6.45, 7) is 1.80. The predicted molar refractivity (Wildman–Crippen MR) is 65.6 cm³/mol. The maximum absolute atomic E-state index is 13.4. The first-order valence-corrected chi connectivity index (χ1v) is 7.11. The largest absolute Gasteiger partial charge is 0.309 e. The zero-order valence-corrected chi connectivity index (χ0v) is 11.0. The third-order valence-electron chi connectivity index (χ3n) is 2.58. The summed E-state index contributed by atoms with van der Waals surface area (Å²) >= 11 is 0. The zero-order chi connectivity index (χ0) is 13.8. The Hall–Kier alpha value is -1.05. The van der Waals surface area contributed by atoms with E-state index in [1.54, 1.807) is 6.92 Å². The summed E-state index contributed by atoms with van der Waals surface area (Å²) in [5.41, 5.74) is 0.178. The van der Waals surface area contributed by atoms with Crippen LogP contribution in [0.5, 0.6) is 0 Å². The van der Waals surface area contributed by atoms with E-state index in [2.05, 4.69) is 10.0 Å². The van der Waals surface area contributed by atoms with Gasteiger partial charge >= 0.3 is 0 Å². The van der Waals surface area contributed by atoms with Crippen molar-refractivity contribution in [3.8, 4) is 0 Å². The second-order valence-electron chi connectivity index (χ2n) is 3.84. The van der Waals surface area contributed by atoms with Crippen LogP contribution in [-0.4, -0.2) is 27.8 Å². The molecule has 102 valence electrons. The molecule has 1 aromatic carbocycles.